The van der Waals surface area contributed by atoms with Crippen LogP contribution in [0.25, 0.3) is 0 Å². The van der Waals surface area contributed by atoms with Gasteiger partial charge in [-0.05, 0) is 57.9 Å². The topological polar surface area (TPSA) is 48.7 Å². The summed E-state index contributed by atoms with van der Waals surface area (Å²) in [6.45, 7) is 7.15. The molecule has 98 valence electrons. The smallest absolute Gasteiger partial charge is 0.0683 e. The minimum absolute atomic E-state index is 0.184. The van der Waals surface area contributed by atoms with Crippen LogP contribution in [0.5, 0.6) is 0 Å². The second-order valence-corrected chi connectivity index (χ2v) is 5.41. The minimum Gasteiger partial charge on any atom is -0.310 e. The number of pyridine rings is 1. The van der Waals surface area contributed by atoms with Crippen LogP contribution in [0.2, 0.25) is 0 Å². The number of nitrogens with one attached hydrogen (secondary N) is 1. The van der Waals surface area contributed by atoms with Gasteiger partial charge in [0.15, 0.2) is 0 Å². The fourth-order valence-electron chi connectivity index (χ4n) is 1.84. The van der Waals surface area contributed by atoms with Crippen LogP contribution in [0.3, 0.4) is 0 Å². The zero-order valence-corrected chi connectivity index (χ0v) is 11.6. The quantitative estimate of drug-likeness (QED) is 0.748. The lowest BCUT2D eigenvalue weighted by Crippen LogP contribution is -2.20. The van der Waals surface area contributed by atoms with Crippen molar-refractivity contribution in [2.45, 2.75) is 46.1 Å². The molecule has 0 fully saturated rings. The standard InChI is InChI=1S/C15H23N3/c1-13(14-6-10-17-11-7-14)18-9-5-4-8-15(2,3)12-16/h6-7,10-11,13,18H,4-5,8-9H2,1-3H3/t13-/m1/s1. The first-order valence-corrected chi connectivity index (χ1v) is 6.60. The highest BCUT2D eigenvalue weighted by Gasteiger charge is 2.15. The summed E-state index contributed by atoms with van der Waals surface area (Å²) >= 11 is 0. The summed E-state index contributed by atoms with van der Waals surface area (Å²) < 4.78 is 0. The van der Waals surface area contributed by atoms with Crippen LogP contribution in [-0.4, -0.2) is 11.5 Å². The van der Waals surface area contributed by atoms with Gasteiger partial charge >= 0.3 is 0 Å². The molecular formula is C15H23N3. The van der Waals surface area contributed by atoms with Gasteiger partial charge in [-0.25, -0.2) is 0 Å². The maximum absolute atomic E-state index is 8.92. The third-order valence-electron chi connectivity index (χ3n) is 3.19. The molecule has 0 aliphatic carbocycles. The van der Waals surface area contributed by atoms with Crippen molar-refractivity contribution in [3.63, 3.8) is 0 Å². The van der Waals surface area contributed by atoms with E-state index in [1.54, 1.807) is 0 Å². The Labute approximate surface area is 110 Å². The van der Waals surface area contributed by atoms with Crippen LogP contribution < -0.4 is 5.32 Å². The maximum atomic E-state index is 8.92. The summed E-state index contributed by atoms with van der Waals surface area (Å²) in [5.41, 5.74) is 1.08. The third-order valence-corrected chi connectivity index (χ3v) is 3.19. The lowest BCUT2D eigenvalue weighted by Gasteiger charge is -2.16. The zero-order valence-electron chi connectivity index (χ0n) is 11.6. The van der Waals surface area contributed by atoms with Gasteiger partial charge in [-0.3, -0.25) is 4.98 Å². The molecular weight excluding hydrogens is 222 g/mol. The lowest BCUT2D eigenvalue weighted by molar-refractivity contribution is 0.418. The lowest BCUT2D eigenvalue weighted by atomic mass is 9.89. The molecule has 0 radical (unpaired) electrons. The van der Waals surface area contributed by atoms with Gasteiger partial charge in [0.25, 0.3) is 0 Å². The first-order valence-electron chi connectivity index (χ1n) is 6.60. The number of aromatic nitrogens is 1. The molecule has 0 aliphatic heterocycles. The molecule has 1 atom stereocenters. The monoisotopic (exact) mass is 245 g/mol. The number of nitriles is 1. The highest BCUT2D eigenvalue weighted by molar-refractivity contribution is 5.13. The van der Waals surface area contributed by atoms with E-state index in [-0.39, 0.29) is 5.41 Å². The van der Waals surface area contributed by atoms with Crippen LogP contribution in [0, 0.1) is 16.7 Å². The Morgan fingerprint density at radius 1 is 1.33 bits per heavy atom. The van der Waals surface area contributed by atoms with Crippen LogP contribution in [-0.2, 0) is 0 Å². The summed E-state index contributed by atoms with van der Waals surface area (Å²) in [6.07, 6.45) is 6.82. The summed E-state index contributed by atoms with van der Waals surface area (Å²) in [6, 6.07) is 6.77. The first-order chi connectivity index (χ1) is 8.55. The van der Waals surface area contributed by atoms with Crippen molar-refractivity contribution in [2.24, 2.45) is 5.41 Å². The molecule has 0 aliphatic rings. The first kappa shape index (κ1) is 14.7. The molecule has 0 spiro atoms. The van der Waals surface area contributed by atoms with Gasteiger partial charge in [0.2, 0.25) is 0 Å². The van der Waals surface area contributed by atoms with E-state index in [1.807, 2.05) is 38.4 Å². The van der Waals surface area contributed by atoms with E-state index in [0.717, 1.165) is 25.8 Å². The van der Waals surface area contributed by atoms with Crippen molar-refractivity contribution in [1.82, 2.24) is 10.3 Å². The fourth-order valence-corrected chi connectivity index (χ4v) is 1.84. The van der Waals surface area contributed by atoms with Crippen LogP contribution >= 0.6 is 0 Å². The number of nitrogens with zero attached hydrogens (tertiary/aromatic N) is 2. The molecule has 0 saturated heterocycles. The van der Waals surface area contributed by atoms with Gasteiger partial charge in [0, 0.05) is 18.4 Å². The van der Waals surface area contributed by atoms with E-state index >= 15 is 0 Å². The Bertz CT molecular complexity index is 378. The van der Waals surface area contributed by atoms with Gasteiger partial charge in [-0.2, -0.15) is 5.26 Å². The van der Waals surface area contributed by atoms with E-state index in [2.05, 4.69) is 23.3 Å². The van der Waals surface area contributed by atoms with Gasteiger partial charge in [-0.1, -0.05) is 6.42 Å². The Kier molecular flexibility index (Phi) is 5.80. The maximum Gasteiger partial charge on any atom is 0.0683 e. The number of rotatable bonds is 7. The van der Waals surface area contributed by atoms with E-state index in [9.17, 15) is 0 Å². The van der Waals surface area contributed by atoms with Crippen molar-refractivity contribution in [3.8, 4) is 6.07 Å². The van der Waals surface area contributed by atoms with E-state index < -0.39 is 0 Å². The van der Waals surface area contributed by atoms with Crippen molar-refractivity contribution in [1.29, 1.82) is 5.26 Å². The largest absolute Gasteiger partial charge is 0.310 e. The van der Waals surface area contributed by atoms with Gasteiger partial charge < -0.3 is 5.32 Å². The molecule has 3 nitrogen and oxygen atoms in total. The average Bonchev–Trinajstić information content (AvgIpc) is 2.39. The van der Waals surface area contributed by atoms with Crippen LogP contribution in [0.4, 0.5) is 0 Å². The summed E-state index contributed by atoms with van der Waals surface area (Å²) in [4.78, 5) is 4.02. The third kappa shape index (κ3) is 5.29. The molecule has 0 saturated carbocycles. The number of hydrogen-bond acceptors (Lipinski definition) is 3. The molecule has 0 bridgehead atoms. The van der Waals surface area contributed by atoms with Gasteiger partial charge in [-0.15, -0.1) is 0 Å². The second kappa shape index (κ2) is 7.13. The Balaban J connectivity index is 2.18. The molecule has 1 aromatic heterocycles. The van der Waals surface area contributed by atoms with Crippen molar-refractivity contribution in [2.75, 3.05) is 6.54 Å². The summed E-state index contributed by atoms with van der Waals surface area (Å²) in [5, 5.41) is 12.4. The Morgan fingerprint density at radius 3 is 2.61 bits per heavy atom. The Hall–Kier alpha value is -1.40. The molecule has 0 aromatic carbocycles. The normalized spacial score (nSPS) is 13.0. The van der Waals surface area contributed by atoms with E-state index in [4.69, 9.17) is 5.26 Å². The zero-order chi connectivity index (χ0) is 13.4. The molecule has 18 heavy (non-hydrogen) atoms. The van der Waals surface area contributed by atoms with Crippen LogP contribution in [0.1, 0.15) is 51.6 Å². The predicted octanol–water partition coefficient (Wildman–Crippen LogP) is 3.45. The summed E-state index contributed by atoms with van der Waals surface area (Å²) in [5.74, 6) is 0. The van der Waals surface area contributed by atoms with Gasteiger partial charge in [0.1, 0.15) is 0 Å². The molecule has 0 unspecified atom stereocenters. The molecule has 1 heterocycles. The molecule has 3 heteroatoms. The van der Waals surface area contributed by atoms with E-state index in [1.165, 1.54) is 5.56 Å². The number of unbranched alkanes of at least 4 members (excludes halogenated alkanes) is 1. The van der Waals surface area contributed by atoms with Crippen molar-refractivity contribution in [3.05, 3.63) is 30.1 Å². The van der Waals surface area contributed by atoms with Crippen molar-refractivity contribution >= 4 is 0 Å². The predicted molar refractivity (Wildman–Crippen MR) is 73.9 cm³/mol. The van der Waals surface area contributed by atoms with E-state index in [0.29, 0.717) is 6.04 Å². The Morgan fingerprint density at radius 2 is 2.00 bits per heavy atom. The van der Waals surface area contributed by atoms with Crippen LogP contribution in [0.15, 0.2) is 24.5 Å². The minimum atomic E-state index is -0.184. The highest BCUT2D eigenvalue weighted by Crippen LogP contribution is 2.21. The van der Waals surface area contributed by atoms with Gasteiger partial charge in [0.05, 0.1) is 11.5 Å². The average molecular weight is 245 g/mol. The fraction of sp³-hybridized carbons (Fsp3) is 0.600. The highest BCUT2D eigenvalue weighted by atomic mass is 14.9. The van der Waals surface area contributed by atoms with Crippen molar-refractivity contribution < 1.29 is 0 Å². The summed E-state index contributed by atoms with van der Waals surface area (Å²) in [7, 11) is 0. The molecule has 1 aromatic rings. The second-order valence-electron chi connectivity index (χ2n) is 5.41. The molecule has 0 amide bonds. The number of hydrogen-bond donors (Lipinski definition) is 1. The molecule has 1 rings (SSSR count). The SMILES string of the molecule is C[C@@H](NCCCCC(C)(C)C#N)c1ccncc1. The molecule has 1 N–H and O–H groups in total.